The third-order valence-electron chi connectivity index (χ3n) is 3.92. The fraction of sp³-hybridized carbons (Fsp3) is 0.474. The topological polar surface area (TPSA) is 59.0 Å². The first-order valence-corrected chi connectivity index (χ1v) is 8.51. The monoisotopic (exact) mass is 328 g/mol. The molecule has 130 valence electrons. The van der Waals surface area contributed by atoms with E-state index in [0.29, 0.717) is 5.82 Å². The highest BCUT2D eigenvalue weighted by Gasteiger charge is 2.19. The quantitative estimate of drug-likeness (QED) is 0.835. The van der Waals surface area contributed by atoms with Crippen LogP contribution >= 0.6 is 0 Å². The summed E-state index contributed by atoms with van der Waals surface area (Å²) < 4.78 is 1.69. The molecule has 0 fully saturated rings. The van der Waals surface area contributed by atoms with E-state index in [1.54, 1.807) is 4.68 Å². The first-order valence-electron chi connectivity index (χ1n) is 8.51. The van der Waals surface area contributed by atoms with Gasteiger partial charge in [-0.3, -0.25) is 10.00 Å². The highest BCUT2D eigenvalue weighted by atomic mass is 16.2. The summed E-state index contributed by atoms with van der Waals surface area (Å²) >= 11 is 0. The zero-order valence-electron chi connectivity index (χ0n) is 15.3. The molecule has 2 amide bonds. The van der Waals surface area contributed by atoms with Gasteiger partial charge in [0.1, 0.15) is 5.82 Å². The summed E-state index contributed by atoms with van der Waals surface area (Å²) in [6.07, 6.45) is 3.45. The van der Waals surface area contributed by atoms with E-state index in [2.05, 4.69) is 55.6 Å². The molecule has 0 atom stereocenters. The molecule has 1 aromatic heterocycles. The Morgan fingerprint density at radius 2 is 1.83 bits per heavy atom. The molecule has 5 nitrogen and oxygen atoms in total. The van der Waals surface area contributed by atoms with E-state index in [1.807, 2.05) is 25.2 Å². The van der Waals surface area contributed by atoms with Crippen molar-refractivity contribution < 1.29 is 4.79 Å². The predicted molar refractivity (Wildman–Crippen MR) is 99.6 cm³/mol. The fourth-order valence-corrected chi connectivity index (χ4v) is 2.37. The van der Waals surface area contributed by atoms with Crippen LogP contribution in [0.2, 0.25) is 0 Å². The van der Waals surface area contributed by atoms with Gasteiger partial charge in [0.2, 0.25) is 0 Å². The minimum Gasteiger partial charge on any atom is -0.308 e. The van der Waals surface area contributed by atoms with E-state index in [4.69, 9.17) is 0 Å². The summed E-state index contributed by atoms with van der Waals surface area (Å²) in [4.78, 5) is 12.2. The zero-order chi connectivity index (χ0) is 17.7. The molecule has 2 aromatic rings. The minimum atomic E-state index is -0.264. The van der Waals surface area contributed by atoms with Gasteiger partial charge >= 0.3 is 6.03 Å². The van der Waals surface area contributed by atoms with Crippen molar-refractivity contribution in [3.05, 3.63) is 41.6 Å². The number of aryl methyl sites for hydroxylation is 2. The molecule has 0 aliphatic carbocycles. The average Bonchev–Trinajstić information content (AvgIpc) is 2.88. The fourth-order valence-electron chi connectivity index (χ4n) is 2.37. The van der Waals surface area contributed by atoms with Crippen LogP contribution in [0.15, 0.2) is 30.3 Å². The van der Waals surface area contributed by atoms with Gasteiger partial charge in [-0.1, -0.05) is 46.2 Å². The van der Waals surface area contributed by atoms with Crippen molar-refractivity contribution in [2.24, 2.45) is 7.05 Å². The Morgan fingerprint density at radius 1 is 1.17 bits per heavy atom. The van der Waals surface area contributed by atoms with E-state index in [0.717, 1.165) is 17.8 Å². The summed E-state index contributed by atoms with van der Waals surface area (Å²) in [5, 5.41) is 10.2. The SMILES string of the molecule is CCCCc1ccc(NC(=O)Nc2cc(C(C)(C)C)nn2C)cc1. The van der Waals surface area contributed by atoms with Gasteiger partial charge in [0.15, 0.2) is 0 Å². The van der Waals surface area contributed by atoms with Gasteiger partial charge in [0.05, 0.1) is 5.69 Å². The zero-order valence-corrected chi connectivity index (χ0v) is 15.3. The first kappa shape index (κ1) is 18.0. The number of anilines is 2. The van der Waals surface area contributed by atoms with Gasteiger partial charge in [-0.15, -0.1) is 0 Å². The number of hydrogen-bond donors (Lipinski definition) is 2. The lowest BCUT2D eigenvalue weighted by molar-refractivity contribution is 0.262. The molecule has 0 saturated heterocycles. The third kappa shape index (κ3) is 4.85. The molecule has 2 N–H and O–H groups in total. The van der Waals surface area contributed by atoms with Gasteiger partial charge in [0, 0.05) is 24.2 Å². The van der Waals surface area contributed by atoms with Crippen LogP contribution in [0.4, 0.5) is 16.3 Å². The first-order chi connectivity index (χ1) is 11.3. The second-order valence-electron chi connectivity index (χ2n) is 7.17. The number of hydrogen-bond acceptors (Lipinski definition) is 2. The van der Waals surface area contributed by atoms with E-state index in [9.17, 15) is 4.79 Å². The van der Waals surface area contributed by atoms with Gasteiger partial charge < -0.3 is 5.32 Å². The standard InChI is InChI=1S/C19H28N4O/c1-6-7-8-14-9-11-15(12-10-14)20-18(24)21-17-13-16(19(2,3)4)22-23(17)5/h9-13H,6-8H2,1-5H3,(H2,20,21,24). The van der Waals surface area contributed by atoms with Crippen LogP contribution in [-0.2, 0) is 18.9 Å². The summed E-state index contributed by atoms with van der Waals surface area (Å²) in [5.74, 6) is 0.678. The van der Waals surface area contributed by atoms with Crippen LogP contribution in [0.25, 0.3) is 0 Å². The molecule has 0 bridgehead atoms. The molecule has 24 heavy (non-hydrogen) atoms. The molecule has 1 heterocycles. The Hall–Kier alpha value is -2.30. The van der Waals surface area contributed by atoms with Crippen molar-refractivity contribution in [1.82, 2.24) is 9.78 Å². The van der Waals surface area contributed by atoms with Crippen LogP contribution in [0.3, 0.4) is 0 Å². The van der Waals surface area contributed by atoms with E-state index in [1.165, 1.54) is 18.4 Å². The molecular weight excluding hydrogens is 300 g/mol. The Balaban J connectivity index is 1.97. The number of urea groups is 1. The van der Waals surface area contributed by atoms with Crippen molar-refractivity contribution >= 4 is 17.5 Å². The van der Waals surface area contributed by atoms with Gasteiger partial charge in [-0.25, -0.2) is 4.79 Å². The van der Waals surface area contributed by atoms with Crippen LogP contribution in [0, 0.1) is 0 Å². The van der Waals surface area contributed by atoms with Crippen molar-refractivity contribution in [3.8, 4) is 0 Å². The number of carbonyl (C=O) groups is 1. The third-order valence-corrected chi connectivity index (χ3v) is 3.92. The molecule has 2 rings (SSSR count). The summed E-state index contributed by atoms with van der Waals surface area (Å²) in [7, 11) is 1.83. The number of rotatable bonds is 5. The lowest BCUT2D eigenvalue weighted by Crippen LogP contribution is -2.21. The maximum absolute atomic E-state index is 12.2. The molecular formula is C19H28N4O. The smallest absolute Gasteiger partial charge is 0.308 e. The van der Waals surface area contributed by atoms with Gasteiger partial charge in [-0.2, -0.15) is 5.10 Å². The molecule has 5 heteroatoms. The number of nitrogens with zero attached hydrogens (tertiary/aromatic N) is 2. The maximum Gasteiger partial charge on any atom is 0.324 e. The summed E-state index contributed by atoms with van der Waals surface area (Å²) in [5.41, 5.74) is 2.97. The maximum atomic E-state index is 12.2. The Labute approximate surface area is 144 Å². The lowest BCUT2D eigenvalue weighted by atomic mass is 9.92. The Kier molecular flexibility index (Phi) is 5.65. The molecule has 1 aromatic carbocycles. The Morgan fingerprint density at radius 3 is 2.38 bits per heavy atom. The normalized spacial score (nSPS) is 11.4. The van der Waals surface area contributed by atoms with E-state index >= 15 is 0 Å². The van der Waals surface area contributed by atoms with Crippen LogP contribution < -0.4 is 10.6 Å². The van der Waals surface area contributed by atoms with Crippen molar-refractivity contribution in [1.29, 1.82) is 0 Å². The number of unbranched alkanes of at least 4 members (excludes halogenated alkanes) is 1. The molecule has 0 aliphatic heterocycles. The predicted octanol–water partition coefficient (Wildman–Crippen LogP) is 4.70. The number of nitrogens with one attached hydrogen (secondary N) is 2. The van der Waals surface area contributed by atoms with Crippen LogP contribution in [0.1, 0.15) is 51.8 Å². The highest BCUT2D eigenvalue weighted by Crippen LogP contribution is 2.23. The molecule has 0 radical (unpaired) electrons. The van der Waals surface area contributed by atoms with Crippen LogP contribution in [-0.4, -0.2) is 15.8 Å². The molecule has 0 spiro atoms. The summed E-state index contributed by atoms with van der Waals surface area (Å²) in [6.45, 7) is 8.47. The number of aromatic nitrogens is 2. The number of amides is 2. The van der Waals surface area contributed by atoms with E-state index in [-0.39, 0.29) is 11.4 Å². The average molecular weight is 328 g/mol. The lowest BCUT2D eigenvalue weighted by Gasteiger charge is -2.13. The highest BCUT2D eigenvalue weighted by molar-refractivity contribution is 5.99. The molecule has 0 saturated carbocycles. The second-order valence-corrected chi connectivity index (χ2v) is 7.17. The number of benzene rings is 1. The molecule has 0 aliphatic rings. The summed E-state index contributed by atoms with van der Waals surface area (Å²) in [6, 6.07) is 9.65. The number of carbonyl (C=O) groups excluding carboxylic acids is 1. The van der Waals surface area contributed by atoms with Crippen LogP contribution in [0.5, 0.6) is 0 Å². The van der Waals surface area contributed by atoms with Crippen molar-refractivity contribution in [2.75, 3.05) is 10.6 Å². The Bertz CT molecular complexity index is 680. The van der Waals surface area contributed by atoms with Gasteiger partial charge in [-0.05, 0) is 30.5 Å². The van der Waals surface area contributed by atoms with Crippen molar-refractivity contribution in [3.63, 3.8) is 0 Å². The largest absolute Gasteiger partial charge is 0.324 e. The van der Waals surface area contributed by atoms with E-state index < -0.39 is 0 Å². The van der Waals surface area contributed by atoms with Gasteiger partial charge in [0.25, 0.3) is 0 Å². The second kappa shape index (κ2) is 7.51. The molecule has 0 unspecified atom stereocenters. The minimum absolute atomic E-state index is 0.0531. The van der Waals surface area contributed by atoms with Crippen molar-refractivity contribution in [2.45, 2.75) is 52.4 Å².